The largest absolute Gasteiger partial charge is 0.490 e. The van der Waals surface area contributed by atoms with Crippen molar-refractivity contribution in [2.24, 2.45) is 0 Å². The smallest absolute Gasteiger partial charge is 0.227 e. The van der Waals surface area contributed by atoms with Crippen molar-refractivity contribution in [1.82, 2.24) is 9.97 Å². The molecular formula is C19H25ClN4O2. The lowest BCUT2D eigenvalue weighted by Gasteiger charge is -2.31. The van der Waals surface area contributed by atoms with Gasteiger partial charge >= 0.3 is 0 Å². The summed E-state index contributed by atoms with van der Waals surface area (Å²) in [4.78, 5) is 13.0. The normalized spacial score (nSPS) is 17.2. The molecule has 0 radical (unpaired) electrons. The summed E-state index contributed by atoms with van der Waals surface area (Å²) in [7, 11) is 1.93. The van der Waals surface area contributed by atoms with E-state index in [1.165, 1.54) is 0 Å². The van der Waals surface area contributed by atoms with Crippen molar-refractivity contribution in [1.29, 1.82) is 0 Å². The van der Waals surface area contributed by atoms with Crippen LogP contribution in [0.5, 0.6) is 5.75 Å². The molecule has 2 heterocycles. The minimum atomic E-state index is -0.285. The first kappa shape index (κ1) is 18.7. The van der Waals surface area contributed by atoms with E-state index in [9.17, 15) is 5.11 Å². The molecule has 1 atom stereocenters. The van der Waals surface area contributed by atoms with Crippen molar-refractivity contribution in [3.8, 4) is 5.75 Å². The molecule has 7 heteroatoms. The number of aliphatic hydroxyl groups excluding tert-OH is 1. The maximum atomic E-state index is 9.86. The average molecular weight is 377 g/mol. The summed E-state index contributed by atoms with van der Waals surface area (Å²) >= 11 is 6.19. The van der Waals surface area contributed by atoms with Gasteiger partial charge in [0.1, 0.15) is 18.2 Å². The number of piperidine rings is 1. The van der Waals surface area contributed by atoms with E-state index in [4.69, 9.17) is 16.3 Å². The summed E-state index contributed by atoms with van der Waals surface area (Å²) in [6.07, 6.45) is 3.30. The molecule has 1 saturated heterocycles. The van der Waals surface area contributed by atoms with E-state index in [1.807, 2.05) is 43.1 Å². The van der Waals surface area contributed by atoms with E-state index >= 15 is 0 Å². The molecule has 1 aromatic heterocycles. The Balaban J connectivity index is 1.57. The van der Waals surface area contributed by atoms with Gasteiger partial charge in [-0.3, -0.25) is 0 Å². The second kappa shape index (κ2) is 8.56. The van der Waals surface area contributed by atoms with Crippen LogP contribution in [0.25, 0.3) is 0 Å². The van der Waals surface area contributed by atoms with E-state index in [1.54, 1.807) is 6.20 Å². The van der Waals surface area contributed by atoms with Crippen molar-refractivity contribution in [3.05, 3.63) is 41.0 Å². The van der Waals surface area contributed by atoms with Gasteiger partial charge in [0.2, 0.25) is 5.95 Å². The highest BCUT2D eigenvalue weighted by atomic mass is 35.5. The standard InChI is InChI=1S/C19H25ClN4O2/c1-14-5-6-17(16(20)12-14)26-11-10-23(2)19-21-8-7-18(22-19)24-9-3-4-15(25)13-24/h5-8,12,15,25H,3-4,9-11,13H2,1-2H3. The molecule has 0 aliphatic carbocycles. The fraction of sp³-hybridized carbons (Fsp3) is 0.474. The second-order valence-electron chi connectivity index (χ2n) is 6.66. The number of rotatable bonds is 6. The quantitative estimate of drug-likeness (QED) is 0.836. The summed E-state index contributed by atoms with van der Waals surface area (Å²) < 4.78 is 5.77. The van der Waals surface area contributed by atoms with Crippen LogP contribution in [0, 0.1) is 6.92 Å². The molecule has 0 bridgehead atoms. The lowest BCUT2D eigenvalue weighted by atomic mass is 10.1. The second-order valence-corrected chi connectivity index (χ2v) is 7.07. The molecule has 1 aliphatic rings. The van der Waals surface area contributed by atoms with E-state index in [-0.39, 0.29) is 6.10 Å². The molecule has 0 spiro atoms. The summed E-state index contributed by atoms with van der Waals surface area (Å²) in [5, 5.41) is 10.5. The molecule has 1 aliphatic heterocycles. The number of aliphatic hydroxyl groups is 1. The van der Waals surface area contributed by atoms with Crippen LogP contribution < -0.4 is 14.5 Å². The van der Waals surface area contributed by atoms with E-state index in [0.29, 0.717) is 36.4 Å². The zero-order valence-corrected chi connectivity index (χ0v) is 16.0. The lowest BCUT2D eigenvalue weighted by molar-refractivity contribution is 0.154. The Kier molecular flexibility index (Phi) is 6.16. The van der Waals surface area contributed by atoms with Crippen LogP contribution in [0.4, 0.5) is 11.8 Å². The van der Waals surface area contributed by atoms with Crippen molar-refractivity contribution in [3.63, 3.8) is 0 Å². The molecule has 1 unspecified atom stereocenters. The van der Waals surface area contributed by atoms with Crippen LogP contribution in [-0.2, 0) is 0 Å². The molecule has 3 rings (SSSR count). The fourth-order valence-corrected chi connectivity index (χ4v) is 3.27. The number of likely N-dealkylation sites (N-methyl/N-ethyl adjacent to an activating group) is 1. The molecular weight excluding hydrogens is 352 g/mol. The van der Waals surface area contributed by atoms with Crippen molar-refractivity contribution in [2.45, 2.75) is 25.9 Å². The minimum Gasteiger partial charge on any atom is -0.490 e. The van der Waals surface area contributed by atoms with Gasteiger partial charge in [0.15, 0.2) is 0 Å². The third-order valence-electron chi connectivity index (χ3n) is 4.46. The Morgan fingerprint density at radius 1 is 1.38 bits per heavy atom. The third kappa shape index (κ3) is 4.77. The number of nitrogens with zero attached hydrogens (tertiary/aromatic N) is 4. The number of hydrogen-bond acceptors (Lipinski definition) is 6. The first-order valence-corrected chi connectivity index (χ1v) is 9.27. The average Bonchev–Trinajstić information content (AvgIpc) is 2.63. The number of ether oxygens (including phenoxy) is 1. The molecule has 0 saturated carbocycles. The highest BCUT2D eigenvalue weighted by Crippen LogP contribution is 2.25. The maximum absolute atomic E-state index is 9.86. The first-order valence-electron chi connectivity index (χ1n) is 8.89. The van der Waals surface area contributed by atoms with Crippen molar-refractivity contribution >= 4 is 23.4 Å². The van der Waals surface area contributed by atoms with Crippen LogP contribution >= 0.6 is 11.6 Å². The zero-order chi connectivity index (χ0) is 18.5. The molecule has 140 valence electrons. The van der Waals surface area contributed by atoms with Gasteiger partial charge in [0.05, 0.1) is 17.7 Å². The monoisotopic (exact) mass is 376 g/mol. The van der Waals surface area contributed by atoms with Gasteiger partial charge < -0.3 is 19.6 Å². The minimum absolute atomic E-state index is 0.285. The van der Waals surface area contributed by atoms with E-state index < -0.39 is 0 Å². The number of aromatic nitrogens is 2. The van der Waals surface area contributed by atoms with Gasteiger partial charge in [-0.15, -0.1) is 0 Å². The maximum Gasteiger partial charge on any atom is 0.227 e. The Morgan fingerprint density at radius 3 is 3.00 bits per heavy atom. The van der Waals surface area contributed by atoms with Crippen LogP contribution in [0.2, 0.25) is 5.02 Å². The lowest BCUT2D eigenvalue weighted by Crippen LogP contribution is -2.39. The predicted octanol–water partition coefficient (Wildman–Crippen LogP) is 2.91. The highest BCUT2D eigenvalue weighted by molar-refractivity contribution is 6.32. The Hall–Kier alpha value is -2.05. The van der Waals surface area contributed by atoms with E-state index in [0.717, 1.165) is 30.8 Å². The number of aryl methyl sites for hydroxylation is 1. The van der Waals surface area contributed by atoms with Gasteiger partial charge in [0.25, 0.3) is 0 Å². The van der Waals surface area contributed by atoms with Crippen LogP contribution in [0.15, 0.2) is 30.5 Å². The van der Waals surface area contributed by atoms with Crippen LogP contribution in [-0.4, -0.2) is 54.5 Å². The molecule has 0 amide bonds. The summed E-state index contributed by atoms with van der Waals surface area (Å²) in [6.45, 7) is 4.64. The molecule has 1 fully saturated rings. The zero-order valence-electron chi connectivity index (χ0n) is 15.2. The van der Waals surface area contributed by atoms with Gasteiger partial charge in [-0.25, -0.2) is 4.98 Å². The SMILES string of the molecule is Cc1ccc(OCCN(C)c2nccc(N3CCCC(O)C3)n2)c(Cl)c1. The van der Waals surface area contributed by atoms with Crippen LogP contribution in [0.3, 0.4) is 0 Å². The van der Waals surface area contributed by atoms with Gasteiger partial charge in [-0.05, 0) is 43.5 Å². The summed E-state index contributed by atoms with van der Waals surface area (Å²) in [5.41, 5.74) is 1.10. The molecule has 6 nitrogen and oxygen atoms in total. The Bertz CT molecular complexity index is 743. The number of hydrogen-bond donors (Lipinski definition) is 1. The fourth-order valence-electron chi connectivity index (χ4n) is 2.98. The Labute approximate surface area is 159 Å². The van der Waals surface area contributed by atoms with Crippen molar-refractivity contribution < 1.29 is 9.84 Å². The van der Waals surface area contributed by atoms with E-state index in [2.05, 4.69) is 14.9 Å². The number of benzene rings is 1. The predicted molar refractivity (Wildman–Crippen MR) is 104 cm³/mol. The summed E-state index contributed by atoms with van der Waals surface area (Å²) in [5.74, 6) is 2.17. The topological polar surface area (TPSA) is 61.7 Å². The van der Waals surface area contributed by atoms with Gasteiger partial charge in [-0.1, -0.05) is 17.7 Å². The first-order chi connectivity index (χ1) is 12.5. The number of halogens is 1. The molecule has 26 heavy (non-hydrogen) atoms. The molecule has 2 aromatic rings. The van der Waals surface area contributed by atoms with Crippen LogP contribution in [0.1, 0.15) is 18.4 Å². The van der Waals surface area contributed by atoms with Gasteiger partial charge in [0, 0.05) is 26.3 Å². The van der Waals surface area contributed by atoms with Gasteiger partial charge in [-0.2, -0.15) is 4.98 Å². The third-order valence-corrected chi connectivity index (χ3v) is 4.76. The summed E-state index contributed by atoms with van der Waals surface area (Å²) in [6, 6.07) is 7.64. The number of anilines is 2. The Morgan fingerprint density at radius 2 is 2.23 bits per heavy atom. The number of β-amino-alcohol motifs (C(OH)–C–C–N with tert-alkyl or cyclic N) is 1. The highest BCUT2D eigenvalue weighted by Gasteiger charge is 2.19. The van der Waals surface area contributed by atoms with Crippen molar-refractivity contribution in [2.75, 3.05) is 43.1 Å². The molecule has 1 N–H and O–H groups in total. The molecule has 1 aromatic carbocycles.